The van der Waals surface area contributed by atoms with Crippen LogP contribution in [0.1, 0.15) is 37.9 Å². The lowest BCUT2D eigenvalue weighted by Gasteiger charge is -2.25. The largest absolute Gasteiger partial charge is 0.480 e. The van der Waals surface area contributed by atoms with E-state index in [9.17, 15) is 18.0 Å². The van der Waals surface area contributed by atoms with Crippen molar-refractivity contribution in [1.29, 1.82) is 0 Å². The molecule has 0 saturated carbocycles. The number of hydrogen-bond acceptors (Lipinski definition) is 2. The fourth-order valence-electron chi connectivity index (χ4n) is 2.04. The quantitative estimate of drug-likeness (QED) is 0.872. The highest BCUT2D eigenvalue weighted by molar-refractivity contribution is 5.73. The molecule has 20 heavy (non-hydrogen) atoms. The summed E-state index contributed by atoms with van der Waals surface area (Å²) in [7, 11) is 0. The summed E-state index contributed by atoms with van der Waals surface area (Å²) in [6, 6.07) is 3.57. The van der Waals surface area contributed by atoms with E-state index in [2.05, 4.69) is 5.32 Å². The Kier molecular flexibility index (Phi) is 5.16. The molecule has 2 unspecified atom stereocenters. The molecule has 0 fully saturated rings. The fraction of sp³-hybridized carbons (Fsp3) is 0.500. The monoisotopic (exact) mass is 289 g/mol. The van der Waals surface area contributed by atoms with Crippen LogP contribution in [0.2, 0.25) is 0 Å². The Hall–Kier alpha value is -1.56. The number of halogens is 3. The summed E-state index contributed by atoms with van der Waals surface area (Å²) in [6.07, 6.45) is -4.46. The maximum atomic E-state index is 12.9. The van der Waals surface area contributed by atoms with E-state index < -0.39 is 29.8 Å². The van der Waals surface area contributed by atoms with E-state index >= 15 is 0 Å². The molecule has 0 aliphatic rings. The molecule has 0 aliphatic carbocycles. The normalized spacial score (nSPS) is 15.2. The molecule has 6 heteroatoms. The van der Waals surface area contributed by atoms with Gasteiger partial charge in [-0.1, -0.05) is 32.0 Å². The molecule has 1 aromatic rings. The van der Waals surface area contributed by atoms with Crippen molar-refractivity contribution in [3.8, 4) is 0 Å². The second-order valence-electron chi connectivity index (χ2n) is 5.03. The molecule has 0 heterocycles. The molecule has 0 radical (unpaired) electrons. The summed E-state index contributed by atoms with van der Waals surface area (Å²) in [4.78, 5) is 11.1. The van der Waals surface area contributed by atoms with Gasteiger partial charge in [0.15, 0.2) is 0 Å². The van der Waals surface area contributed by atoms with Crippen LogP contribution in [-0.4, -0.2) is 17.1 Å². The zero-order valence-electron chi connectivity index (χ0n) is 11.5. The van der Waals surface area contributed by atoms with Crippen LogP contribution < -0.4 is 5.32 Å². The molecular weight excluding hydrogens is 271 g/mol. The Labute approximate surface area is 115 Å². The smallest absolute Gasteiger partial charge is 0.416 e. The van der Waals surface area contributed by atoms with E-state index in [1.54, 1.807) is 13.8 Å². The highest BCUT2D eigenvalue weighted by atomic mass is 19.4. The average molecular weight is 289 g/mol. The van der Waals surface area contributed by atoms with Gasteiger partial charge in [0.2, 0.25) is 0 Å². The van der Waals surface area contributed by atoms with E-state index in [1.165, 1.54) is 25.1 Å². The first kappa shape index (κ1) is 16.5. The first-order valence-electron chi connectivity index (χ1n) is 6.29. The van der Waals surface area contributed by atoms with Crippen molar-refractivity contribution < 1.29 is 23.1 Å². The third-order valence-electron chi connectivity index (χ3n) is 3.09. The van der Waals surface area contributed by atoms with Gasteiger partial charge in [0, 0.05) is 6.04 Å². The number of rotatable bonds is 5. The molecule has 0 aromatic heterocycles. The topological polar surface area (TPSA) is 49.3 Å². The number of nitrogens with one attached hydrogen (secondary N) is 1. The van der Waals surface area contributed by atoms with Gasteiger partial charge in [-0.2, -0.15) is 13.2 Å². The molecule has 1 aromatic carbocycles. The van der Waals surface area contributed by atoms with Crippen molar-refractivity contribution >= 4 is 5.97 Å². The summed E-state index contributed by atoms with van der Waals surface area (Å²) in [5.74, 6) is -1.30. The fourth-order valence-corrected chi connectivity index (χ4v) is 2.04. The summed E-state index contributed by atoms with van der Waals surface area (Å²) >= 11 is 0. The van der Waals surface area contributed by atoms with Crippen molar-refractivity contribution in [3.63, 3.8) is 0 Å². The van der Waals surface area contributed by atoms with Gasteiger partial charge in [-0.05, 0) is 24.5 Å². The van der Waals surface area contributed by atoms with Gasteiger partial charge in [0.05, 0.1) is 5.56 Å². The average Bonchev–Trinajstić information content (AvgIpc) is 2.33. The number of carboxylic acid groups (broad SMARTS) is 1. The van der Waals surface area contributed by atoms with Gasteiger partial charge in [0.1, 0.15) is 6.04 Å². The number of carbonyl (C=O) groups is 1. The first-order chi connectivity index (χ1) is 9.14. The molecule has 2 atom stereocenters. The molecule has 1 rings (SSSR count). The minimum atomic E-state index is -4.46. The highest BCUT2D eigenvalue weighted by Gasteiger charge is 2.35. The van der Waals surface area contributed by atoms with Crippen LogP contribution in [0.4, 0.5) is 13.2 Å². The Bertz CT molecular complexity index is 472. The molecule has 112 valence electrons. The highest BCUT2D eigenvalue weighted by Crippen LogP contribution is 2.34. The van der Waals surface area contributed by atoms with Crippen molar-refractivity contribution in [3.05, 3.63) is 35.4 Å². The van der Waals surface area contributed by atoms with Gasteiger partial charge in [-0.15, -0.1) is 0 Å². The zero-order valence-corrected chi connectivity index (χ0v) is 11.5. The van der Waals surface area contributed by atoms with Crippen LogP contribution in [-0.2, 0) is 11.0 Å². The number of carboxylic acids is 1. The SMILES string of the molecule is CC(NC(C(=O)O)C(C)C)c1ccccc1C(F)(F)F. The minimum Gasteiger partial charge on any atom is -0.480 e. The maximum Gasteiger partial charge on any atom is 0.416 e. The third kappa shape index (κ3) is 3.96. The van der Waals surface area contributed by atoms with Crippen LogP contribution in [0, 0.1) is 5.92 Å². The lowest BCUT2D eigenvalue weighted by atomic mass is 9.98. The van der Waals surface area contributed by atoms with Crippen LogP contribution >= 0.6 is 0 Å². The number of benzene rings is 1. The van der Waals surface area contributed by atoms with Crippen LogP contribution in [0.25, 0.3) is 0 Å². The molecular formula is C14H18F3NO2. The van der Waals surface area contributed by atoms with Gasteiger partial charge in [-0.3, -0.25) is 10.1 Å². The van der Waals surface area contributed by atoms with E-state index in [0.29, 0.717) is 0 Å². The Balaban J connectivity index is 3.04. The standard InChI is InChI=1S/C14H18F3NO2/c1-8(2)12(13(19)20)18-9(3)10-6-4-5-7-11(10)14(15,16)17/h4-9,12,18H,1-3H3,(H,19,20). The summed E-state index contributed by atoms with van der Waals surface area (Å²) < 4.78 is 38.8. The Morgan fingerprint density at radius 1 is 1.20 bits per heavy atom. The molecule has 0 aliphatic heterocycles. The van der Waals surface area contributed by atoms with E-state index in [4.69, 9.17) is 5.11 Å². The number of alkyl halides is 3. The van der Waals surface area contributed by atoms with E-state index in [-0.39, 0.29) is 11.5 Å². The van der Waals surface area contributed by atoms with Crippen LogP contribution in [0.5, 0.6) is 0 Å². The summed E-state index contributed by atoms with van der Waals surface area (Å²) in [5, 5.41) is 11.8. The molecule has 0 amide bonds. The predicted molar refractivity (Wildman–Crippen MR) is 69.3 cm³/mol. The van der Waals surface area contributed by atoms with Gasteiger partial charge >= 0.3 is 12.1 Å². The number of aliphatic carboxylic acids is 1. The van der Waals surface area contributed by atoms with Crippen molar-refractivity contribution in [2.45, 2.75) is 39.0 Å². The molecule has 3 nitrogen and oxygen atoms in total. The van der Waals surface area contributed by atoms with Crippen molar-refractivity contribution in [2.75, 3.05) is 0 Å². The second kappa shape index (κ2) is 6.26. The summed E-state index contributed by atoms with van der Waals surface area (Å²) in [6.45, 7) is 4.94. The van der Waals surface area contributed by atoms with Crippen LogP contribution in [0.3, 0.4) is 0 Å². The van der Waals surface area contributed by atoms with Crippen molar-refractivity contribution in [1.82, 2.24) is 5.32 Å². The third-order valence-corrected chi connectivity index (χ3v) is 3.09. The lowest BCUT2D eigenvalue weighted by Crippen LogP contribution is -2.42. The molecule has 2 N–H and O–H groups in total. The predicted octanol–water partition coefficient (Wildman–Crippen LogP) is 3.47. The zero-order chi connectivity index (χ0) is 15.5. The Morgan fingerprint density at radius 2 is 1.75 bits per heavy atom. The van der Waals surface area contributed by atoms with Crippen LogP contribution in [0.15, 0.2) is 24.3 Å². The molecule has 0 spiro atoms. The Morgan fingerprint density at radius 3 is 2.20 bits per heavy atom. The van der Waals surface area contributed by atoms with Gasteiger partial charge in [0.25, 0.3) is 0 Å². The van der Waals surface area contributed by atoms with E-state index in [0.717, 1.165) is 6.07 Å². The number of hydrogen-bond donors (Lipinski definition) is 2. The van der Waals surface area contributed by atoms with E-state index in [1.807, 2.05) is 0 Å². The lowest BCUT2D eigenvalue weighted by molar-refractivity contribution is -0.140. The minimum absolute atomic E-state index is 0.0481. The van der Waals surface area contributed by atoms with Crippen molar-refractivity contribution in [2.24, 2.45) is 5.92 Å². The second-order valence-corrected chi connectivity index (χ2v) is 5.03. The van der Waals surface area contributed by atoms with Gasteiger partial charge in [-0.25, -0.2) is 0 Å². The summed E-state index contributed by atoms with van der Waals surface area (Å²) in [5.41, 5.74) is -0.695. The molecule has 0 saturated heterocycles. The first-order valence-corrected chi connectivity index (χ1v) is 6.29. The molecule has 0 bridgehead atoms. The maximum absolute atomic E-state index is 12.9. The van der Waals surface area contributed by atoms with Gasteiger partial charge < -0.3 is 5.11 Å².